The maximum Gasteiger partial charge on any atom is 0.348 e. The van der Waals surface area contributed by atoms with Gasteiger partial charge in [-0.15, -0.1) is 0 Å². The molecule has 5 heteroatoms. The fraction of sp³-hybridized carbons (Fsp3) is 0.438. The molecule has 1 aromatic carbocycles. The molecule has 0 aliphatic rings. The lowest BCUT2D eigenvalue weighted by atomic mass is 10.1. The fourth-order valence-electron chi connectivity index (χ4n) is 1.71. The van der Waals surface area contributed by atoms with Crippen LogP contribution in [0.3, 0.4) is 0 Å². The van der Waals surface area contributed by atoms with Crippen molar-refractivity contribution in [2.45, 2.75) is 45.8 Å². The van der Waals surface area contributed by atoms with Gasteiger partial charge in [0.25, 0.3) is 0 Å². The van der Waals surface area contributed by atoms with Crippen molar-refractivity contribution in [1.82, 2.24) is 0 Å². The van der Waals surface area contributed by atoms with E-state index in [4.69, 9.17) is 9.47 Å². The maximum atomic E-state index is 12.0. The minimum absolute atomic E-state index is 0.218. The number of ketones is 1. The van der Waals surface area contributed by atoms with E-state index < -0.39 is 18.0 Å². The van der Waals surface area contributed by atoms with Gasteiger partial charge in [0.1, 0.15) is 12.2 Å². The number of Topliss-reactive ketones (excluding diaryl/α,β-unsaturated/α-hetero) is 1. The molecular weight excluding hydrogens is 272 g/mol. The molecule has 0 aromatic heterocycles. The Hall–Kier alpha value is -2.17. The zero-order valence-corrected chi connectivity index (χ0v) is 12.5. The lowest BCUT2D eigenvalue weighted by Gasteiger charge is -2.18. The van der Waals surface area contributed by atoms with Crippen LogP contribution in [0.5, 0.6) is 0 Å². The minimum Gasteiger partial charge on any atom is -0.460 e. The van der Waals surface area contributed by atoms with Crippen LogP contribution in [0.25, 0.3) is 0 Å². The van der Waals surface area contributed by atoms with Crippen LogP contribution in [-0.4, -0.2) is 29.9 Å². The number of carbonyl (C=O) groups excluding carboxylic acids is 3. The molecule has 0 spiro atoms. The van der Waals surface area contributed by atoms with Crippen LogP contribution in [0.2, 0.25) is 0 Å². The second-order valence-corrected chi connectivity index (χ2v) is 5.03. The monoisotopic (exact) mass is 292 g/mol. The van der Waals surface area contributed by atoms with Crippen LogP contribution in [0.1, 0.15) is 32.8 Å². The van der Waals surface area contributed by atoms with Crippen molar-refractivity contribution in [2.75, 3.05) is 0 Å². The first-order valence-electron chi connectivity index (χ1n) is 6.81. The highest BCUT2D eigenvalue weighted by atomic mass is 16.6. The molecule has 0 aliphatic heterocycles. The first-order chi connectivity index (χ1) is 9.88. The van der Waals surface area contributed by atoms with Gasteiger partial charge in [-0.25, -0.2) is 4.79 Å². The lowest BCUT2D eigenvalue weighted by molar-refractivity contribution is -0.170. The Balaban J connectivity index is 2.76. The van der Waals surface area contributed by atoms with Gasteiger partial charge < -0.3 is 9.47 Å². The molecule has 0 saturated heterocycles. The van der Waals surface area contributed by atoms with Crippen molar-refractivity contribution in [1.29, 1.82) is 0 Å². The molecule has 1 atom stereocenters. The molecule has 0 bridgehead atoms. The molecule has 5 nitrogen and oxygen atoms in total. The van der Waals surface area contributed by atoms with Gasteiger partial charge >= 0.3 is 11.9 Å². The van der Waals surface area contributed by atoms with Crippen molar-refractivity contribution < 1.29 is 23.9 Å². The van der Waals surface area contributed by atoms with Crippen molar-refractivity contribution >= 4 is 17.7 Å². The summed E-state index contributed by atoms with van der Waals surface area (Å²) in [7, 11) is 0. The predicted octanol–water partition coefficient (Wildman–Crippen LogP) is 2.07. The number of benzene rings is 1. The van der Waals surface area contributed by atoms with Gasteiger partial charge in [-0.2, -0.15) is 0 Å². The summed E-state index contributed by atoms with van der Waals surface area (Å²) in [4.78, 5) is 34.5. The first-order valence-corrected chi connectivity index (χ1v) is 6.81. The number of hydrogen-bond donors (Lipinski definition) is 0. The molecule has 1 aromatic rings. The van der Waals surface area contributed by atoms with E-state index in [1.807, 2.05) is 30.3 Å². The van der Waals surface area contributed by atoms with E-state index in [9.17, 15) is 14.4 Å². The summed E-state index contributed by atoms with van der Waals surface area (Å²) in [5.74, 6) is -1.63. The van der Waals surface area contributed by atoms with Crippen molar-refractivity contribution in [3.05, 3.63) is 35.9 Å². The Morgan fingerprint density at radius 3 is 2.19 bits per heavy atom. The molecule has 0 saturated carbocycles. The number of rotatable bonds is 7. The fourth-order valence-corrected chi connectivity index (χ4v) is 1.71. The second-order valence-electron chi connectivity index (χ2n) is 5.03. The Morgan fingerprint density at radius 2 is 1.67 bits per heavy atom. The van der Waals surface area contributed by atoms with Crippen LogP contribution in [0.4, 0.5) is 0 Å². The predicted molar refractivity (Wildman–Crippen MR) is 76.6 cm³/mol. The van der Waals surface area contributed by atoms with Crippen LogP contribution in [0, 0.1) is 0 Å². The summed E-state index contributed by atoms with van der Waals surface area (Å²) in [5, 5.41) is 0. The third kappa shape index (κ3) is 6.70. The quantitative estimate of drug-likeness (QED) is 0.568. The zero-order chi connectivity index (χ0) is 15.8. The van der Waals surface area contributed by atoms with E-state index in [1.54, 1.807) is 13.8 Å². The van der Waals surface area contributed by atoms with Crippen LogP contribution in [0.15, 0.2) is 30.3 Å². The van der Waals surface area contributed by atoms with Crippen molar-refractivity contribution in [3.8, 4) is 0 Å². The van der Waals surface area contributed by atoms with E-state index in [0.717, 1.165) is 5.56 Å². The second kappa shape index (κ2) is 8.19. The standard InChI is InChI=1S/C16H20O5/c1-11(2)20-16(19)14(21-15(18)9-12(3)17)10-13-7-5-4-6-8-13/h4-8,11,14H,9-10H2,1-3H3/t14-/m0/s1. The summed E-state index contributed by atoms with van der Waals surface area (Å²) >= 11 is 0. The SMILES string of the molecule is CC(=O)CC(=O)O[C@@H](Cc1ccccc1)C(=O)OC(C)C. The van der Waals surface area contributed by atoms with Crippen LogP contribution < -0.4 is 0 Å². The molecule has 0 unspecified atom stereocenters. The summed E-state index contributed by atoms with van der Waals surface area (Å²) < 4.78 is 10.2. The molecule has 0 radical (unpaired) electrons. The van der Waals surface area contributed by atoms with Gasteiger partial charge in [0.15, 0.2) is 0 Å². The van der Waals surface area contributed by atoms with Crippen LogP contribution in [-0.2, 0) is 30.3 Å². The van der Waals surface area contributed by atoms with Gasteiger partial charge in [-0.3, -0.25) is 9.59 Å². The zero-order valence-electron chi connectivity index (χ0n) is 12.5. The molecular formula is C16H20O5. The number of hydrogen-bond acceptors (Lipinski definition) is 5. The molecule has 21 heavy (non-hydrogen) atoms. The smallest absolute Gasteiger partial charge is 0.348 e. The van der Waals surface area contributed by atoms with E-state index in [2.05, 4.69) is 0 Å². The van der Waals surface area contributed by atoms with Gasteiger partial charge in [0, 0.05) is 6.42 Å². The maximum absolute atomic E-state index is 12.0. The molecule has 0 N–H and O–H groups in total. The molecule has 0 aliphatic carbocycles. The van der Waals surface area contributed by atoms with Crippen molar-refractivity contribution in [3.63, 3.8) is 0 Å². The Kier molecular flexibility index (Phi) is 6.59. The highest BCUT2D eigenvalue weighted by Gasteiger charge is 2.26. The van der Waals surface area contributed by atoms with Gasteiger partial charge in [0.2, 0.25) is 6.10 Å². The van der Waals surface area contributed by atoms with E-state index in [-0.39, 0.29) is 24.7 Å². The van der Waals surface area contributed by atoms with Gasteiger partial charge in [-0.1, -0.05) is 30.3 Å². The average Bonchev–Trinajstić information content (AvgIpc) is 2.37. The number of esters is 2. The van der Waals surface area contributed by atoms with Gasteiger partial charge in [0.05, 0.1) is 6.10 Å². The average molecular weight is 292 g/mol. The third-order valence-corrected chi connectivity index (χ3v) is 2.55. The number of ether oxygens (including phenoxy) is 2. The highest BCUT2D eigenvalue weighted by Crippen LogP contribution is 2.10. The lowest BCUT2D eigenvalue weighted by Crippen LogP contribution is -2.33. The Bertz CT molecular complexity index is 493. The Morgan fingerprint density at radius 1 is 1.05 bits per heavy atom. The minimum atomic E-state index is -1.04. The molecule has 0 heterocycles. The first kappa shape index (κ1) is 16.9. The van der Waals surface area contributed by atoms with Crippen LogP contribution >= 0.6 is 0 Å². The third-order valence-electron chi connectivity index (χ3n) is 2.55. The Labute approximate surface area is 124 Å². The molecule has 114 valence electrons. The normalized spacial score (nSPS) is 11.8. The van der Waals surface area contributed by atoms with Crippen molar-refractivity contribution in [2.24, 2.45) is 0 Å². The number of carbonyl (C=O) groups is 3. The van der Waals surface area contributed by atoms with E-state index >= 15 is 0 Å². The topological polar surface area (TPSA) is 69.7 Å². The summed E-state index contributed by atoms with van der Waals surface area (Å²) in [6, 6.07) is 9.17. The summed E-state index contributed by atoms with van der Waals surface area (Å²) in [6.45, 7) is 4.73. The molecule has 0 amide bonds. The van der Waals surface area contributed by atoms with Gasteiger partial charge in [-0.05, 0) is 26.3 Å². The summed E-state index contributed by atoms with van der Waals surface area (Å²) in [6.07, 6.45) is -1.47. The molecule has 1 rings (SSSR count). The highest BCUT2D eigenvalue weighted by molar-refractivity contribution is 5.95. The molecule has 0 fully saturated rings. The van der Waals surface area contributed by atoms with E-state index in [1.165, 1.54) is 6.92 Å². The summed E-state index contributed by atoms with van der Waals surface area (Å²) in [5.41, 5.74) is 0.846. The largest absolute Gasteiger partial charge is 0.460 e. The van der Waals surface area contributed by atoms with E-state index in [0.29, 0.717) is 0 Å².